The number of nitrogens with two attached hydrogens (primary N) is 1. The Morgan fingerprint density at radius 3 is 2.70 bits per heavy atom. The predicted molar refractivity (Wildman–Crippen MR) is 88.8 cm³/mol. The van der Waals surface area contributed by atoms with Crippen LogP contribution in [-0.4, -0.2) is 28.1 Å². The number of para-hydroxylation sites is 1. The molecule has 0 radical (unpaired) electrons. The van der Waals surface area contributed by atoms with Crippen LogP contribution in [-0.2, 0) is 0 Å². The Hall–Kier alpha value is -3.19. The number of hydrogen-bond donors (Lipinski definition) is 3. The number of aromatic carboxylic acids is 1. The Labute approximate surface area is 132 Å². The van der Waals surface area contributed by atoms with E-state index in [1.165, 1.54) is 0 Å². The molecule has 0 aliphatic heterocycles. The highest BCUT2D eigenvalue weighted by Crippen LogP contribution is 2.29. The van der Waals surface area contributed by atoms with Crippen molar-refractivity contribution in [3.05, 3.63) is 54.1 Å². The minimum Gasteiger partial charge on any atom is -0.478 e. The number of aromatic nitrogens is 2. The fourth-order valence-corrected chi connectivity index (χ4v) is 2.35. The van der Waals surface area contributed by atoms with Gasteiger partial charge >= 0.3 is 5.97 Å². The maximum Gasteiger partial charge on any atom is 0.335 e. The number of carbonyl (C=O) groups is 1. The molecule has 3 aromatic rings. The molecule has 0 saturated heterocycles. The summed E-state index contributed by atoms with van der Waals surface area (Å²) in [7, 11) is 1.82. The second-order valence-electron chi connectivity index (χ2n) is 4.95. The second kappa shape index (κ2) is 5.90. The SMILES string of the molecule is CN(c1cccc(C(=O)O)c1)c1nc(NN)nc2ccccc12. The lowest BCUT2D eigenvalue weighted by Crippen LogP contribution is -2.16. The van der Waals surface area contributed by atoms with E-state index in [0.29, 0.717) is 17.5 Å². The van der Waals surface area contributed by atoms with Crippen molar-refractivity contribution < 1.29 is 9.90 Å². The number of hydrazine groups is 1. The van der Waals surface area contributed by atoms with Crippen LogP contribution in [0, 0.1) is 0 Å². The highest BCUT2D eigenvalue weighted by Gasteiger charge is 2.14. The summed E-state index contributed by atoms with van der Waals surface area (Å²) in [4.78, 5) is 21.7. The normalized spacial score (nSPS) is 10.5. The average molecular weight is 309 g/mol. The van der Waals surface area contributed by atoms with E-state index < -0.39 is 5.97 Å². The van der Waals surface area contributed by atoms with Crippen molar-refractivity contribution in [1.82, 2.24) is 9.97 Å². The molecule has 1 aromatic heterocycles. The molecule has 0 aliphatic rings. The molecule has 23 heavy (non-hydrogen) atoms. The molecule has 1 heterocycles. The lowest BCUT2D eigenvalue weighted by molar-refractivity contribution is 0.0697. The van der Waals surface area contributed by atoms with Gasteiger partial charge in [-0.25, -0.2) is 15.6 Å². The van der Waals surface area contributed by atoms with Crippen LogP contribution in [0.3, 0.4) is 0 Å². The number of nitrogens with zero attached hydrogens (tertiary/aromatic N) is 3. The summed E-state index contributed by atoms with van der Waals surface area (Å²) >= 11 is 0. The van der Waals surface area contributed by atoms with Gasteiger partial charge in [-0.15, -0.1) is 0 Å². The summed E-state index contributed by atoms with van der Waals surface area (Å²) in [5, 5.41) is 9.99. The van der Waals surface area contributed by atoms with Gasteiger partial charge in [0.1, 0.15) is 5.82 Å². The van der Waals surface area contributed by atoms with Crippen LogP contribution in [0.15, 0.2) is 48.5 Å². The molecular formula is C16H15N5O2. The molecule has 0 saturated carbocycles. The van der Waals surface area contributed by atoms with Crippen LogP contribution in [0.1, 0.15) is 10.4 Å². The number of nitrogen functional groups attached to an aromatic ring is 1. The van der Waals surface area contributed by atoms with E-state index in [0.717, 1.165) is 10.9 Å². The highest BCUT2D eigenvalue weighted by molar-refractivity contribution is 5.93. The summed E-state index contributed by atoms with van der Waals surface area (Å²) < 4.78 is 0. The second-order valence-corrected chi connectivity index (χ2v) is 4.95. The summed E-state index contributed by atoms with van der Waals surface area (Å²) in [6, 6.07) is 14.2. The van der Waals surface area contributed by atoms with Crippen molar-refractivity contribution in [3.8, 4) is 0 Å². The van der Waals surface area contributed by atoms with E-state index in [1.54, 1.807) is 23.1 Å². The van der Waals surface area contributed by atoms with E-state index in [9.17, 15) is 4.79 Å². The fourth-order valence-electron chi connectivity index (χ4n) is 2.35. The van der Waals surface area contributed by atoms with Crippen LogP contribution in [0.2, 0.25) is 0 Å². The van der Waals surface area contributed by atoms with Gasteiger partial charge in [0.15, 0.2) is 0 Å². The van der Waals surface area contributed by atoms with E-state index in [2.05, 4.69) is 15.4 Å². The van der Waals surface area contributed by atoms with Crippen molar-refractivity contribution >= 4 is 34.3 Å². The van der Waals surface area contributed by atoms with Gasteiger partial charge in [-0.2, -0.15) is 4.98 Å². The molecule has 0 aliphatic carbocycles. The standard InChI is InChI=1S/C16H15N5O2/c1-21(11-6-4-5-10(9-11)15(22)23)14-12-7-2-3-8-13(12)18-16(19-14)20-17/h2-9H,17H2,1H3,(H,22,23)(H,18,19,20). The Bertz CT molecular complexity index is 881. The molecule has 4 N–H and O–H groups in total. The quantitative estimate of drug-likeness (QED) is 0.502. The van der Waals surface area contributed by atoms with Crippen molar-refractivity contribution in [1.29, 1.82) is 0 Å². The van der Waals surface area contributed by atoms with Crippen molar-refractivity contribution in [2.24, 2.45) is 5.84 Å². The van der Waals surface area contributed by atoms with E-state index in [1.807, 2.05) is 37.4 Å². The van der Waals surface area contributed by atoms with Crippen molar-refractivity contribution in [3.63, 3.8) is 0 Å². The number of rotatable bonds is 4. The first kappa shape index (κ1) is 14.7. The average Bonchev–Trinajstić information content (AvgIpc) is 2.60. The highest BCUT2D eigenvalue weighted by atomic mass is 16.4. The van der Waals surface area contributed by atoms with Crippen LogP contribution >= 0.6 is 0 Å². The van der Waals surface area contributed by atoms with Crippen molar-refractivity contribution in [2.75, 3.05) is 17.4 Å². The maximum atomic E-state index is 11.2. The lowest BCUT2D eigenvalue weighted by atomic mass is 10.1. The molecule has 2 aromatic carbocycles. The molecule has 116 valence electrons. The number of benzene rings is 2. The van der Waals surface area contributed by atoms with Gasteiger partial charge in [0.25, 0.3) is 0 Å². The van der Waals surface area contributed by atoms with Crippen LogP contribution in [0.25, 0.3) is 10.9 Å². The molecule has 3 rings (SSSR count). The zero-order valence-electron chi connectivity index (χ0n) is 12.4. The summed E-state index contributed by atoms with van der Waals surface area (Å²) in [5.74, 6) is 5.39. The Kier molecular flexibility index (Phi) is 3.78. The molecular weight excluding hydrogens is 294 g/mol. The minimum atomic E-state index is -0.975. The summed E-state index contributed by atoms with van der Waals surface area (Å²) in [6.07, 6.45) is 0. The first-order chi connectivity index (χ1) is 11.1. The van der Waals surface area contributed by atoms with Gasteiger partial charge in [0, 0.05) is 18.1 Å². The molecule has 0 fully saturated rings. The monoisotopic (exact) mass is 309 g/mol. The molecule has 7 heteroatoms. The van der Waals surface area contributed by atoms with Gasteiger partial charge in [-0.1, -0.05) is 18.2 Å². The van der Waals surface area contributed by atoms with Gasteiger partial charge in [0.2, 0.25) is 5.95 Å². The molecule has 7 nitrogen and oxygen atoms in total. The molecule has 0 atom stereocenters. The van der Waals surface area contributed by atoms with E-state index >= 15 is 0 Å². The number of hydrogen-bond acceptors (Lipinski definition) is 6. The van der Waals surface area contributed by atoms with Gasteiger partial charge in [0.05, 0.1) is 11.1 Å². The third-order valence-electron chi connectivity index (χ3n) is 3.51. The summed E-state index contributed by atoms with van der Waals surface area (Å²) in [6.45, 7) is 0. The van der Waals surface area contributed by atoms with Gasteiger partial charge in [-0.3, -0.25) is 5.43 Å². The Morgan fingerprint density at radius 1 is 1.17 bits per heavy atom. The fraction of sp³-hybridized carbons (Fsp3) is 0.0625. The van der Waals surface area contributed by atoms with Gasteiger partial charge < -0.3 is 10.0 Å². The molecule has 0 amide bonds. The minimum absolute atomic E-state index is 0.213. The molecule has 0 bridgehead atoms. The number of anilines is 3. The summed E-state index contributed by atoms with van der Waals surface area (Å²) in [5.41, 5.74) is 4.11. The first-order valence-electron chi connectivity index (χ1n) is 6.90. The first-order valence-corrected chi connectivity index (χ1v) is 6.90. The van der Waals surface area contributed by atoms with Crippen LogP contribution in [0.5, 0.6) is 0 Å². The number of carboxylic acids is 1. The zero-order chi connectivity index (χ0) is 16.4. The van der Waals surface area contributed by atoms with Crippen LogP contribution < -0.4 is 16.2 Å². The largest absolute Gasteiger partial charge is 0.478 e. The molecule has 0 spiro atoms. The van der Waals surface area contributed by atoms with E-state index in [-0.39, 0.29) is 5.56 Å². The number of fused-ring (bicyclic) bond motifs is 1. The topological polar surface area (TPSA) is 104 Å². The Morgan fingerprint density at radius 2 is 1.96 bits per heavy atom. The number of nitrogens with one attached hydrogen (secondary N) is 1. The third-order valence-corrected chi connectivity index (χ3v) is 3.51. The zero-order valence-corrected chi connectivity index (χ0v) is 12.4. The molecule has 0 unspecified atom stereocenters. The third kappa shape index (κ3) is 2.77. The maximum absolute atomic E-state index is 11.2. The predicted octanol–water partition coefficient (Wildman–Crippen LogP) is 2.38. The smallest absolute Gasteiger partial charge is 0.335 e. The van der Waals surface area contributed by atoms with E-state index in [4.69, 9.17) is 10.9 Å². The Balaban J connectivity index is 2.15. The van der Waals surface area contributed by atoms with Crippen molar-refractivity contribution in [2.45, 2.75) is 0 Å². The van der Waals surface area contributed by atoms with Crippen LogP contribution in [0.4, 0.5) is 17.5 Å². The van der Waals surface area contributed by atoms with Gasteiger partial charge in [-0.05, 0) is 30.3 Å². The number of carboxylic acid groups (broad SMARTS) is 1. The lowest BCUT2D eigenvalue weighted by Gasteiger charge is -2.21.